The van der Waals surface area contributed by atoms with Gasteiger partial charge in [0.25, 0.3) is 5.56 Å². The van der Waals surface area contributed by atoms with Crippen LogP contribution >= 0.6 is 0 Å². The largest absolute Gasteiger partial charge is 0.396 e. The molecule has 0 aliphatic carbocycles. The minimum absolute atomic E-state index is 0.0719. The van der Waals surface area contributed by atoms with Crippen molar-refractivity contribution in [2.24, 2.45) is 7.05 Å². The summed E-state index contributed by atoms with van der Waals surface area (Å²) in [5, 5.41) is 8.72. The first-order valence-corrected chi connectivity index (χ1v) is 3.97. The monoisotopic (exact) mass is 184 g/mol. The maximum Gasteiger partial charge on any atom is 0.328 e. The molecule has 0 aromatic carbocycles. The van der Waals surface area contributed by atoms with Crippen molar-refractivity contribution in [3.05, 3.63) is 32.1 Å². The van der Waals surface area contributed by atoms with Gasteiger partial charge in [-0.25, -0.2) is 4.79 Å². The second-order valence-electron chi connectivity index (χ2n) is 2.86. The topological polar surface area (TPSA) is 75.1 Å². The zero-order valence-corrected chi connectivity index (χ0v) is 7.63. The number of aliphatic hydroxyl groups excluding tert-OH is 1. The van der Waals surface area contributed by atoms with Gasteiger partial charge in [-0.1, -0.05) is 0 Å². The molecular weight excluding hydrogens is 172 g/mol. The summed E-state index contributed by atoms with van der Waals surface area (Å²) in [5.41, 5.74) is 0.234. The summed E-state index contributed by atoms with van der Waals surface area (Å²) in [6.07, 6.45) is 0.321. The van der Waals surface area contributed by atoms with Gasteiger partial charge >= 0.3 is 5.69 Å². The van der Waals surface area contributed by atoms with Crippen LogP contribution in [0.1, 0.15) is 11.3 Å². The van der Waals surface area contributed by atoms with E-state index in [9.17, 15) is 9.59 Å². The lowest BCUT2D eigenvalue weighted by Gasteiger charge is -2.07. The van der Waals surface area contributed by atoms with Gasteiger partial charge in [0, 0.05) is 31.3 Å². The van der Waals surface area contributed by atoms with Crippen LogP contribution in [-0.2, 0) is 13.5 Å². The number of nitrogens with one attached hydrogen (secondary N) is 1. The summed E-state index contributed by atoms with van der Waals surface area (Å²) >= 11 is 0. The molecule has 2 N–H and O–H groups in total. The zero-order chi connectivity index (χ0) is 10.0. The Bertz CT molecular complexity index is 382. The van der Waals surface area contributed by atoms with E-state index in [1.165, 1.54) is 4.57 Å². The number of nitrogens with zero attached hydrogens (tertiary/aromatic N) is 1. The Labute approximate surface area is 74.7 Å². The molecule has 0 saturated carbocycles. The SMILES string of the molecule is Cc1c(CCO)n(C)c(=O)[nH]c1=O. The molecule has 0 atom stereocenters. The summed E-state index contributed by atoms with van der Waals surface area (Å²) in [7, 11) is 1.57. The highest BCUT2D eigenvalue weighted by Gasteiger charge is 2.07. The van der Waals surface area contributed by atoms with Gasteiger partial charge in [0.1, 0.15) is 0 Å². The van der Waals surface area contributed by atoms with Crippen molar-refractivity contribution in [1.82, 2.24) is 9.55 Å². The van der Waals surface area contributed by atoms with E-state index in [0.717, 1.165) is 0 Å². The summed E-state index contributed by atoms with van der Waals surface area (Å²) in [5.74, 6) is 0. The average Bonchev–Trinajstić information content (AvgIpc) is 2.09. The third-order valence-electron chi connectivity index (χ3n) is 2.05. The lowest BCUT2D eigenvalue weighted by Crippen LogP contribution is -2.33. The standard InChI is InChI=1S/C8H12N2O3/c1-5-6(3-4-11)10(2)8(13)9-7(5)12/h11H,3-4H2,1-2H3,(H,9,12,13). The van der Waals surface area contributed by atoms with Gasteiger partial charge in [-0.2, -0.15) is 0 Å². The maximum absolute atomic E-state index is 11.1. The van der Waals surface area contributed by atoms with Crippen molar-refractivity contribution in [3.8, 4) is 0 Å². The number of hydrogen-bond donors (Lipinski definition) is 2. The Kier molecular flexibility index (Phi) is 2.67. The van der Waals surface area contributed by atoms with Crippen LogP contribution in [0, 0.1) is 6.92 Å². The number of rotatable bonds is 2. The highest BCUT2D eigenvalue weighted by atomic mass is 16.3. The van der Waals surface area contributed by atoms with Gasteiger partial charge in [-0.3, -0.25) is 9.78 Å². The second-order valence-corrected chi connectivity index (χ2v) is 2.86. The van der Waals surface area contributed by atoms with E-state index < -0.39 is 5.69 Å². The molecule has 5 nitrogen and oxygen atoms in total. The molecule has 1 rings (SSSR count). The molecule has 0 saturated heterocycles. The molecule has 5 heteroatoms. The maximum atomic E-state index is 11.1. The Morgan fingerprint density at radius 3 is 2.62 bits per heavy atom. The fourth-order valence-corrected chi connectivity index (χ4v) is 1.24. The van der Waals surface area contributed by atoms with Crippen LogP contribution in [0.5, 0.6) is 0 Å². The molecule has 72 valence electrons. The first kappa shape index (κ1) is 9.73. The number of aromatic amines is 1. The summed E-state index contributed by atoms with van der Waals surface area (Å²) in [6.45, 7) is 1.56. The lowest BCUT2D eigenvalue weighted by atomic mass is 10.2. The van der Waals surface area contributed by atoms with Crippen molar-refractivity contribution in [2.75, 3.05) is 6.61 Å². The summed E-state index contributed by atoms with van der Waals surface area (Å²) < 4.78 is 1.34. The van der Waals surface area contributed by atoms with Gasteiger partial charge in [0.15, 0.2) is 0 Å². The molecule has 1 aromatic rings. The fraction of sp³-hybridized carbons (Fsp3) is 0.500. The predicted molar refractivity (Wildman–Crippen MR) is 47.8 cm³/mol. The molecule has 0 bridgehead atoms. The van der Waals surface area contributed by atoms with Crippen LogP contribution in [0.2, 0.25) is 0 Å². The van der Waals surface area contributed by atoms with E-state index in [4.69, 9.17) is 5.11 Å². The van der Waals surface area contributed by atoms with Crippen molar-refractivity contribution in [2.45, 2.75) is 13.3 Å². The van der Waals surface area contributed by atoms with Gasteiger partial charge < -0.3 is 9.67 Å². The Hall–Kier alpha value is -1.36. The van der Waals surface area contributed by atoms with Crippen LogP contribution in [0.15, 0.2) is 9.59 Å². The van der Waals surface area contributed by atoms with Crippen LogP contribution in [0.25, 0.3) is 0 Å². The first-order valence-electron chi connectivity index (χ1n) is 3.97. The van der Waals surface area contributed by atoms with E-state index in [1.807, 2.05) is 0 Å². The third kappa shape index (κ3) is 1.70. The highest BCUT2D eigenvalue weighted by Crippen LogP contribution is 1.98. The van der Waals surface area contributed by atoms with Crippen LogP contribution in [0.4, 0.5) is 0 Å². The van der Waals surface area contributed by atoms with Crippen molar-refractivity contribution in [1.29, 1.82) is 0 Å². The minimum atomic E-state index is -0.445. The first-order chi connectivity index (χ1) is 6.07. The summed E-state index contributed by atoms with van der Waals surface area (Å²) in [4.78, 5) is 24.4. The predicted octanol–water partition coefficient (Wildman–Crippen LogP) is -1.08. The van der Waals surface area contributed by atoms with E-state index in [2.05, 4.69) is 4.98 Å². The van der Waals surface area contributed by atoms with Crippen LogP contribution in [0.3, 0.4) is 0 Å². The number of hydrogen-bond acceptors (Lipinski definition) is 3. The minimum Gasteiger partial charge on any atom is -0.396 e. The third-order valence-corrected chi connectivity index (χ3v) is 2.05. The quantitative estimate of drug-likeness (QED) is 0.613. The molecule has 0 amide bonds. The average molecular weight is 184 g/mol. The Morgan fingerprint density at radius 2 is 2.08 bits per heavy atom. The number of H-pyrrole nitrogens is 1. The fourth-order valence-electron chi connectivity index (χ4n) is 1.24. The molecule has 0 spiro atoms. The van der Waals surface area contributed by atoms with E-state index >= 15 is 0 Å². The van der Waals surface area contributed by atoms with E-state index in [1.54, 1.807) is 14.0 Å². The molecule has 0 aliphatic heterocycles. The molecule has 0 unspecified atom stereocenters. The van der Waals surface area contributed by atoms with E-state index in [0.29, 0.717) is 17.7 Å². The highest BCUT2D eigenvalue weighted by molar-refractivity contribution is 5.15. The van der Waals surface area contributed by atoms with Crippen molar-refractivity contribution >= 4 is 0 Å². The molecule has 0 radical (unpaired) electrons. The van der Waals surface area contributed by atoms with Gasteiger partial charge in [-0.05, 0) is 6.92 Å². The molecule has 1 heterocycles. The molecule has 0 fully saturated rings. The lowest BCUT2D eigenvalue weighted by molar-refractivity contribution is 0.295. The van der Waals surface area contributed by atoms with E-state index in [-0.39, 0.29) is 12.2 Å². The van der Waals surface area contributed by atoms with Gasteiger partial charge in [0.2, 0.25) is 0 Å². The van der Waals surface area contributed by atoms with Gasteiger partial charge in [-0.15, -0.1) is 0 Å². The normalized spacial score (nSPS) is 10.4. The summed E-state index contributed by atoms with van der Waals surface area (Å²) in [6, 6.07) is 0. The Morgan fingerprint density at radius 1 is 1.46 bits per heavy atom. The van der Waals surface area contributed by atoms with Crippen LogP contribution < -0.4 is 11.2 Å². The van der Waals surface area contributed by atoms with Gasteiger partial charge in [0.05, 0.1) is 0 Å². The molecule has 1 aromatic heterocycles. The zero-order valence-electron chi connectivity index (χ0n) is 7.63. The van der Waals surface area contributed by atoms with Crippen molar-refractivity contribution < 1.29 is 5.11 Å². The second kappa shape index (κ2) is 3.57. The van der Waals surface area contributed by atoms with Crippen LogP contribution in [-0.4, -0.2) is 21.3 Å². The number of aromatic nitrogens is 2. The van der Waals surface area contributed by atoms with Crippen molar-refractivity contribution in [3.63, 3.8) is 0 Å². The molecule has 0 aliphatic rings. The Balaban J connectivity index is 3.46. The smallest absolute Gasteiger partial charge is 0.328 e. The number of aliphatic hydroxyl groups is 1. The molecule has 13 heavy (non-hydrogen) atoms. The molecular formula is C8H12N2O3.